The van der Waals surface area contributed by atoms with Gasteiger partial charge in [0.15, 0.2) is 0 Å². The third-order valence-corrected chi connectivity index (χ3v) is 3.09. The van der Waals surface area contributed by atoms with Crippen molar-refractivity contribution in [2.24, 2.45) is 0 Å². The first kappa shape index (κ1) is 12.3. The zero-order chi connectivity index (χ0) is 11.3. The van der Waals surface area contributed by atoms with Crippen LogP contribution in [0.1, 0.15) is 39.5 Å². The molecule has 0 aliphatic heterocycles. The second-order valence-electron chi connectivity index (χ2n) is 4.08. The van der Waals surface area contributed by atoms with Crippen LogP contribution in [0.5, 0.6) is 0 Å². The van der Waals surface area contributed by atoms with Crippen molar-refractivity contribution in [2.75, 3.05) is 13.1 Å². The second kappa shape index (κ2) is 5.95. The normalized spacial score (nSPS) is 26.1. The van der Waals surface area contributed by atoms with Crippen molar-refractivity contribution >= 4 is 6.03 Å². The summed E-state index contributed by atoms with van der Waals surface area (Å²) in [6.45, 7) is 5.34. The maximum Gasteiger partial charge on any atom is 0.317 e. The van der Waals surface area contributed by atoms with E-state index >= 15 is 0 Å². The number of hydrogen-bond donors (Lipinski definition) is 2. The molecular formula is C11H22N2O2. The van der Waals surface area contributed by atoms with Gasteiger partial charge < -0.3 is 15.3 Å². The van der Waals surface area contributed by atoms with E-state index in [2.05, 4.69) is 5.32 Å². The molecule has 0 aromatic heterocycles. The average molecular weight is 214 g/mol. The summed E-state index contributed by atoms with van der Waals surface area (Å²) in [7, 11) is 0. The molecule has 0 unspecified atom stereocenters. The number of aliphatic hydroxyl groups is 1. The molecule has 0 heterocycles. The van der Waals surface area contributed by atoms with Crippen molar-refractivity contribution < 1.29 is 9.90 Å². The number of aliphatic hydroxyl groups excluding tert-OH is 1. The lowest BCUT2D eigenvalue weighted by Crippen LogP contribution is -2.50. The molecule has 0 aromatic carbocycles. The summed E-state index contributed by atoms with van der Waals surface area (Å²) in [4.78, 5) is 13.5. The summed E-state index contributed by atoms with van der Waals surface area (Å²) < 4.78 is 0. The molecule has 4 heteroatoms. The number of hydrogen-bond acceptors (Lipinski definition) is 2. The number of nitrogens with zero attached hydrogens (tertiary/aromatic N) is 1. The van der Waals surface area contributed by atoms with Crippen molar-refractivity contribution in [1.82, 2.24) is 10.2 Å². The number of rotatable bonds is 3. The largest absolute Gasteiger partial charge is 0.391 e. The van der Waals surface area contributed by atoms with E-state index in [1.807, 2.05) is 13.8 Å². The van der Waals surface area contributed by atoms with Gasteiger partial charge in [-0.2, -0.15) is 0 Å². The van der Waals surface area contributed by atoms with Crippen molar-refractivity contribution in [1.29, 1.82) is 0 Å². The molecule has 1 saturated carbocycles. The Morgan fingerprint density at radius 3 is 2.47 bits per heavy atom. The Hall–Kier alpha value is -0.770. The van der Waals surface area contributed by atoms with Gasteiger partial charge in [0.2, 0.25) is 0 Å². The molecule has 2 N–H and O–H groups in total. The van der Waals surface area contributed by atoms with Crippen LogP contribution in [-0.2, 0) is 0 Å². The molecular weight excluding hydrogens is 192 g/mol. The molecule has 1 fully saturated rings. The standard InChI is InChI=1S/C11H22N2O2/c1-3-13(4-2)11(15)12-9-7-5-6-8-10(9)14/h9-10,14H,3-8H2,1-2H3,(H,12,15)/t9-,10-/m1/s1. The van der Waals surface area contributed by atoms with Gasteiger partial charge >= 0.3 is 6.03 Å². The van der Waals surface area contributed by atoms with Crippen LogP contribution in [0, 0.1) is 0 Å². The van der Waals surface area contributed by atoms with Crippen LogP contribution in [0.15, 0.2) is 0 Å². The predicted octanol–water partition coefficient (Wildman–Crippen LogP) is 1.34. The number of urea groups is 1. The molecule has 0 bridgehead atoms. The minimum absolute atomic E-state index is 0.0492. The van der Waals surface area contributed by atoms with Crippen LogP contribution in [0.3, 0.4) is 0 Å². The van der Waals surface area contributed by atoms with Gasteiger partial charge in [-0.1, -0.05) is 12.8 Å². The molecule has 2 atom stereocenters. The second-order valence-corrected chi connectivity index (χ2v) is 4.08. The first-order valence-corrected chi connectivity index (χ1v) is 5.92. The summed E-state index contributed by atoms with van der Waals surface area (Å²) in [5.74, 6) is 0. The van der Waals surface area contributed by atoms with Crippen LogP contribution < -0.4 is 5.32 Å². The van der Waals surface area contributed by atoms with Crippen LogP contribution >= 0.6 is 0 Å². The highest BCUT2D eigenvalue weighted by atomic mass is 16.3. The van der Waals surface area contributed by atoms with Gasteiger partial charge in [-0.15, -0.1) is 0 Å². The van der Waals surface area contributed by atoms with Gasteiger partial charge in [0.25, 0.3) is 0 Å². The smallest absolute Gasteiger partial charge is 0.317 e. The van der Waals surface area contributed by atoms with Gasteiger partial charge in [0.1, 0.15) is 0 Å². The SMILES string of the molecule is CCN(CC)C(=O)N[C@@H]1CCCC[C@H]1O. The summed E-state index contributed by atoms with van der Waals surface area (Å²) >= 11 is 0. The fourth-order valence-electron chi connectivity index (χ4n) is 2.04. The van der Waals surface area contributed by atoms with Crippen molar-refractivity contribution in [3.05, 3.63) is 0 Å². The summed E-state index contributed by atoms with van der Waals surface area (Å²) in [5, 5.41) is 12.6. The predicted molar refractivity (Wildman–Crippen MR) is 59.7 cm³/mol. The van der Waals surface area contributed by atoms with E-state index in [-0.39, 0.29) is 18.2 Å². The molecule has 0 radical (unpaired) electrons. The van der Waals surface area contributed by atoms with Crippen LogP contribution in [-0.4, -0.2) is 41.3 Å². The van der Waals surface area contributed by atoms with Crippen LogP contribution in [0.4, 0.5) is 4.79 Å². The van der Waals surface area contributed by atoms with E-state index in [4.69, 9.17) is 0 Å². The maximum atomic E-state index is 11.7. The zero-order valence-corrected chi connectivity index (χ0v) is 9.70. The number of nitrogens with one attached hydrogen (secondary N) is 1. The fraction of sp³-hybridized carbons (Fsp3) is 0.909. The molecule has 1 rings (SSSR count). The highest BCUT2D eigenvalue weighted by Gasteiger charge is 2.25. The van der Waals surface area contributed by atoms with Gasteiger partial charge in [-0.3, -0.25) is 0 Å². The highest BCUT2D eigenvalue weighted by molar-refractivity contribution is 5.74. The van der Waals surface area contributed by atoms with E-state index in [1.165, 1.54) is 0 Å². The Kier molecular flexibility index (Phi) is 4.88. The Labute approximate surface area is 91.6 Å². The molecule has 2 amide bonds. The topological polar surface area (TPSA) is 52.6 Å². The molecule has 0 spiro atoms. The number of carbonyl (C=O) groups excluding carboxylic acids is 1. The fourth-order valence-corrected chi connectivity index (χ4v) is 2.04. The van der Waals surface area contributed by atoms with Gasteiger partial charge in [0.05, 0.1) is 12.1 Å². The van der Waals surface area contributed by atoms with E-state index in [9.17, 15) is 9.90 Å². The zero-order valence-electron chi connectivity index (χ0n) is 9.70. The quantitative estimate of drug-likeness (QED) is 0.745. The molecule has 88 valence electrons. The lowest BCUT2D eigenvalue weighted by Gasteiger charge is -2.30. The minimum atomic E-state index is -0.363. The van der Waals surface area contributed by atoms with Crippen LogP contribution in [0.2, 0.25) is 0 Å². The van der Waals surface area contributed by atoms with Gasteiger partial charge in [0, 0.05) is 13.1 Å². The van der Waals surface area contributed by atoms with Gasteiger partial charge in [-0.05, 0) is 26.7 Å². The molecule has 1 aliphatic carbocycles. The van der Waals surface area contributed by atoms with E-state index < -0.39 is 0 Å². The van der Waals surface area contributed by atoms with E-state index in [0.717, 1.165) is 25.7 Å². The van der Waals surface area contributed by atoms with Crippen molar-refractivity contribution in [3.8, 4) is 0 Å². The van der Waals surface area contributed by atoms with E-state index in [1.54, 1.807) is 4.90 Å². The lowest BCUT2D eigenvalue weighted by molar-refractivity contribution is 0.0903. The first-order valence-electron chi connectivity index (χ1n) is 5.92. The number of carbonyl (C=O) groups is 1. The Morgan fingerprint density at radius 1 is 1.33 bits per heavy atom. The third-order valence-electron chi connectivity index (χ3n) is 3.09. The molecule has 0 saturated heterocycles. The Bertz CT molecular complexity index is 205. The summed E-state index contributed by atoms with van der Waals surface area (Å²) in [6, 6.07) is -0.0993. The summed E-state index contributed by atoms with van der Waals surface area (Å²) in [6.07, 6.45) is 3.51. The van der Waals surface area contributed by atoms with Gasteiger partial charge in [-0.25, -0.2) is 4.79 Å². The molecule has 0 aromatic rings. The maximum absolute atomic E-state index is 11.7. The minimum Gasteiger partial charge on any atom is -0.391 e. The van der Waals surface area contributed by atoms with Crippen molar-refractivity contribution in [2.45, 2.75) is 51.7 Å². The third kappa shape index (κ3) is 3.38. The summed E-state index contributed by atoms with van der Waals surface area (Å²) in [5.41, 5.74) is 0. The van der Waals surface area contributed by atoms with E-state index in [0.29, 0.717) is 13.1 Å². The highest BCUT2D eigenvalue weighted by Crippen LogP contribution is 2.18. The van der Waals surface area contributed by atoms with Crippen molar-refractivity contribution in [3.63, 3.8) is 0 Å². The monoisotopic (exact) mass is 214 g/mol. The Balaban J connectivity index is 2.41. The van der Waals surface area contributed by atoms with Crippen LogP contribution in [0.25, 0.3) is 0 Å². The Morgan fingerprint density at radius 2 is 1.93 bits per heavy atom. The first-order chi connectivity index (χ1) is 7.19. The number of amides is 2. The lowest BCUT2D eigenvalue weighted by atomic mass is 9.93. The molecule has 1 aliphatic rings. The molecule has 4 nitrogen and oxygen atoms in total. The molecule has 15 heavy (non-hydrogen) atoms. The average Bonchev–Trinajstić information content (AvgIpc) is 2.23.